The highest BCUT2D eigenvalue weighted by Crippen LogP contribution is 2.43. The second-order valence-electron chi connectivity index (χ2n) is 14.3. The minimum atomic E-state index is -4.56. The van der Waals surface area contributed by atoms with Gasteiger partial charge in [-0.2, -0.15) is 0 Å². The van der Waals surface area contributed by atoms with Gasteiger partial charge >= 0.3 is 13.8 Å². The van der Waals surface area contributed by atoms with Crippen LogP contribution in [0.5, 0.6) is 0 Å². The van der Waals surface area contributed by atoms with Crippen molar-refractivity contribution in [1.82, 2.24) is 0 Å². The second kappa shape index (κ2) is 46.8. The smallest absolute Gasteiger partial charge is 0.457 e. The number of phosphoric acid groups is 1. The molecular formula is C52H81O9P. The Hall–Kier alpha value is -3.66. The molecule has 0 bridgehead atoms. The van der Waals surface area contributed by atoms with Crippen molar-refractivity contribution in [2.24, 2.45) is 0 Å². The monoisotopic (exact) mass is 881 g/mol. The number of unbranched alkanes of at least 4 members (excludes halogenated alkanes) is 3. The predicted molar refractivity (Wildman–Crippen MR) is 260 cm³/mol. The molecule has 3 unspecified atom stereocenters. The summed E-state index contributed by atoms with van der Waals surface area (Å²) in [6, 6.07) is 0. The van der Waals surface area contributed by atoms with Crippen molar-refractivity contribution < 1.29 is 43.0 Å². The van der Waals surface area contributed by atoms with Crippen LogP contribution >= 0.6 is 7.82 Å². The zero-order chi connectivity index (χ0) is 45.3. The Labute approximate surface area is 376 Å². The first kappa shape index (κ1) is 58.3. The molecule has 0 amide bonds. The quantitative estimate of drug-likeness (QED) is 0.0238. The number of aliphatic hydroxyl groups excluding tert-OH is 2. The van der Waals surface area contributed by atoms with E-state index in [-0.39, 0.29) is 13.0 Å². The van der Waals surface area contributed by atoms with Crippen LogP contribution < -0.4 is 0 Å². The maximum Gasteiger partial charge on any atom is 0.472 e. The summed E-state index contributed by atoms with van der Waals surface area (Å²) in [5, 5.41) is 18.4. The Morgan fingerprint density at radius 2 is 0.871 bits per heavy atom. The third-order valence-corrected chi connectivity index (χ3v) is 9.48. The van der Waals surface area contributed by atoms with E-state index in [4.69, 9.17) is 23.6 Å². The van der Waals surface area contributed by atoms with Crippen LogP contribution in [-0.4, -0.2) is 66.3 Å². The van der Waals surface area contributed by atoms with Crippen molar-refractivity contribution in [1.29, 1.82) is 0 Å². The molecule has 0 aliphatic carbocycles. The first-order valence-corrected chi connectivity index (χ1v) is 24.3. The highest BCUT2D eigenvalue weighted by molar-refractivity contribution is 7.47. The molecule has 0 heterocycles. The normalized spacial score (nSPS) is 15.2. The number of aliphatic hydroxyl groups is 2. The summed E-state index contributed by atoms with van der Waals surface area (Å²) in [4.78, 5) is 22.6. The van der Waals surface area contributed by atoms with Gasteiger partial charge in [0.25, 0.3) is 0 Å². The van der Waals surface area contributed by atoms with Gasteiger partial charge in [-0.3, -0.25) is 13.8 Å². The molecule has 0 saturated carbocycles. The fraction of sp³-hybridized carbons (Fsp3) is 0.519. The average molecular weight is 881 g/mol. The fourth-order valence-electron chi connectivity index (χ4n) is 5.15. The second-order valence-corrected chi connectivity index (χ2v) is 15.8. The van der Waals surface area contributed by atoms with Crippen molar-refractivity contribution in [3.63, 3.8) is 0 Å². The van der Waals surface area contributed by atoms with Crippen LogP contribution in [0.15, 0.2) is 146 Å². The standard InChI is InChI=1S/C52H81O9P/c1-3-5-7-9-11-13-15-17-19-21-23-24-25-27-29-31-33-35-37-39-41-43-45-58-48-51(49-60-62(56,57)59-47-50(54)46-53)61-52(55)44-42-40-38-36-34-32-30-28-26-22-20-18-16-14-12-10-8-6-4-2/h5-8,11-14,17-20,23-24,26-29,32-35,38,40,50-51,53-54H,3-4,9-10,15-16,21-22,25,30-31,36-37,39,41-49H2,1-2H3,(H,56,57)/b7-5-,8-6-,13-11-,14-12-,19-17-,20-18-,24-23-,28-26-,29-27-,34-32-,35-33-,40-38-. The van der Waals surface area contributed by atoms with E-state index in [1.165, 1.54) is 0 Å². The van der Waals surface area contributed by atoms with E-state index in [0.717, 1.165) is 103 Å². The number of carbonyl (C=O) groups is 1. The summed E-state index contributed by atoms with van der Waals surface area (Å²) in [6.07, 6.45) is 65.4. The molecular weight excluding hydrogens is 800 g/mol. The van der Waals surface area contributed by atoms with Crippen molar-refractivity contribution in [2.75, 3.05) is 33.0 Å². The van der Waals surface area contributed by atoms with Crippen LogP contribution in [0, 0.1) is 0 Å². The van der Waals surface area contributed by atoms with E-state index in [1.807, 2.05) is 12.2 Å². The number of carbonyl (C=O) groups excluding carboxylic acids is 1. The number of rotatable bonds is 41. The molecule has 0 aliphatic heterocycles. The lowest BCUT2D eigenvalue weighted by molar-refractivity contribution is -0.154. The zero-order valence-corrected chi connectivity index (χ0v) is 38.9. The maximum atomic E-state index is 12.6. The van der Waals surface area contributed by atoms with Gasteiger partial charge in [-0.1, -0.05) is 166 Å². The molecule has 0 spiro atoms. The molecule has 0 fully saturated rings. The lowest BCUT2D eigenvalue weighted by Gasteiger charge is -2.20. The van der Waals surface area contributed by atoms with Crippen LogP contribution in [0.25, 0.3) is 0 Å². The number of ether oxygens (including phenoxy) is 2. The van der Waals surface area contributed by atoms with Gasteiger partial charge in [0.15, 0.2) is 0 Å². The third kappa shape index (κ3) is 45.9. The van der Waals surface area contributed by atoms with Crippen LogP contribution in [0.4, 0.5) is 0 Å². The number of allylic oxidation sites excluding steroid dienone is 24. The minimum Gasteiger partial charge on any atom is -0.457 e. The predicted octanol–water partition coefficient (Wildman–Crippen LogP) is 13.1. The highest BCUT2D eigenvalue weighted by atomic mass is 31.2. The van der Waals surface area contributed by atoms with Gasteiger partial charge < -0.3 is 24.6 Å². The molecule has 3 N–H and O–H groups in total. The van der Waals surface area contributed by atoms with Crippen molar-refractivity contribution in [3.05, 3.63) is 146 Å². The van der Waals surface area contributed by atoms with Gasteiger partial charge in [-0.05, 0) is 103 Å². The molecule has 9 nitrogen and oxygen atoms in total. The van der Waals surface area contributed by atoms with Gasteiger partial charge in [-0.25, -0.2) is 4.57 Å². The van der Waals surface area contributed by atoms with E-state index in [1.54, 1.807) is 0 Å². The summed E-state index contributed by atoms with van der Waals surface area (Å²) in [5.74, 6) is -0.484. The summed E-state index contributed by atoms with van der Waals surface area (Å²) in [7, 11) is -4.56. The summed E-state index contributed by atoms with van der Waals surface area (Å²) in [5.41, 5.74) is 0. The molecule has 348 valence electrons. The Balaban J connectivity index is 4.39. The topological polar surface area (TPSA) is 132 Å². The van der Waals surface area contributed by atoms with Crippen LogP contribution in [0.2, 0.25) is 0 Å². The van der Waals surface area contributed by atoms with Crippen LogP contribution in [0.3, 0.4) is 0 Å². The number of phosphoric ester groups is 1. The molecule has 0 aromatic heterocycles. The highest BCUT2D eigenvalue weighted by Gasteiger charge is 2.26. The molecule has 62 heavy (non-hydrogen) atoms. The van der Waals surface area contributed by atoms with E-state index in [2.05, 4.69) is 148 Å². The van der Waals surface area contributed by atoms with Crippen molar-refractivity contribution in [2.45, 2.75) is 142 Å². The van der Waals surface area contributed by atoms with Gasteiger partial charge in [0.1, 0.15) is 12.2 Å². The molecule has 10 heteroatoms. The summed E-state index contributed by atoms with van der Waals surface area (Å²) in [6.45, 7) is 3.05. The van der Waals surface area contributed by atoms with Gasteiger partial charge in [0.2, 0.25) is 0 Å². The molecule has 0 radical (unpaired) electrons. The molecule has 0 aromatic carbocycles. The zero-order valence-electron chi connectivity index (χ0n) is 38.0. The van der Waals surface area contributed by atoms with Gasteiger partial charge in [0, 0.05) is 13.0 Å². The lowest BCUT2D eigenvalue weighted by atomic mass is 10.2. The fourth-order valence-corrected chi connectivity index (χ4v) is 5.94. The maximum absolute atomic E-state index is 12.6. The Kier molecular flexibility index (Phi) is 44.1. The van der Waals surface area contributed by atoms with E-state index in [0.29, 0.717) is 13.0 Å². The number of esters is 1. The molecule has 0 aliphatic rings. The average Bonchev–Trinajstić information content (AvgIpc) is 3.26. The number of hydrogen-bond acceptors (Lipinski definition) is 8. The summed E-state index contributed by atoms with van der Waals surface area (Å²) >= 11 is 0. The third-order valence-electron chi connectivity index (χ3n) is 8.53. The minimum absolute atomic E-state index is 0.0158. The molecule has 0 saturated heterocycles. The molecule has 0 rings (SSSR count). The summed E-state index contributed by atoms with van der Waals surface area (Å²) < 4.78 is 33.3. The van der Waals surface area contributed by atoms with Gasteiger partial charge in [0.05, 0.1) is 26.4 Å². The van der Waals surface area contributed by atoms with E-state index < -0.39 is 45.8 Å². The van der Waals surface area contributed by atoms with Crippen LogP contribution in [-0.2, 0) is 27.9 Å². The van der Waals surface area contributed by atoms with Gasteiger partial charge in [-0.15, -0.1) is 0 Å². The Bertz CT molecular complexity index is 1460. The first-order valence-electron chi connectivity index (χ1n) is 22.8. The first-order chi connectivity index (χ1) is 30.3. The Morgan fingerprint density at radius 3 is 1.27 bits per heavy atom. The SMILES string of the molecule is CC/C=C\C/C=C\C/C=C\C/C=C\C/C=C\C/C=C\CCCCCOCC(COP(=O)(O)OCC(O)CO)OC(=O)CC/C=C\C/C=C\C/C=C\C/C=C\C/C=C\C/C=C\CC. The van der Waals surface area contributed by atoms with E-state index >= 15 is 0 Å². The van der Waals surface area contributed by atoms with Crippen molar-refractivity contribution >= 4 is 13.8 Å². The lowest BCUT2D eigenvalue weighted by Crippen LogP contribution is -2.29. The van der Waals surface area contributed by atoms with E-state index in [9.17, 15) is 19.4 Å². The number of hydrogen-bond donors (Lipinski definition) is 3. The van der Waals surface area contributed by atoms with Crippen molar-refractivity contribution in [3.8, 4) is 0 Å². The van der Waals surface area contributed by atoms with Crippen LogP contribution in [0.1, 0.15) is 129 Å². The molecule has 3 atom stereocenters. The molecule has 0 aromatic rings. The largest absolute Gasteiger partial charge is 0.472 e. The Morgan fingerprint density at radius 1 is 0.500 bits per heavy atom.